The summed E-state index contributed by atoms with van der Waals surface area (Å²) in [5, 5.41) is 5.37. The molecule has 1 unspecified atom stereocenters. The van der Waals surface area contributed by atoms with Crippen molar-refractivity contribution in [2.75, 3.05) is 32.1 Å². The number of imide groups is 1. The second kappa shape index (κ2) is 11.9. The minimum atomic E-state index is -3.65. The molecule has 12 heteroatoms. The first-order valence-corrected chi connectivity index (χ1v) is 15.1. The van der Waals surface area contributed by atoms with E-state index in [0.717, 1.165) is 49.2 Å². The van der Waals surface area contributed by atoms with Crippen LogP contribution in [0, 0.1) is 0 Å². The van der Waals surface area contributed by atoms with Crippen LogP contribution >= 0.6 is 11.3 Å². The molecule has 1 fully saturated rings. The van der Waals surface area contributed by atoms with Gasteiger partial charge < -0.3 is 10.1 Å². The molecular formula is C26H34N4O6S2. The van der Waals surface area contributed by atoms with Crippen molar-refractivity contribution in [3.8, 4) is 0 Å². The van der Waals surface area contributed by atoms with Gasteiger partial charge in [0.25, 0.3) is 11.8 Å². The van der Waals surface area contributed by atoms with Crippen LogP contribution in [-0.4, -0.2) is 68.3 Å². The van der Waals surface area contributed by atoms with Crippen LogP contribution in [0.2, 0.25) is 0 Å². The molecule has 10 nitrogen and oxygen atoms in total. The van der Waals surface area contributed by atoms with Crippen molar-refractivity contribution in [2.24, 2.45) is 0 Å². The van der Waals surface area contributed by atoms with E-state index in [0.29, 0.717) is 24.5 Å². The van der Waals surface area contributed by atoms with E-state index in [1.807, 2.05) is 6.92 Å². The number of methoxy groups -OCH3 is 1. The molecule has 2 aromatic rings. The number of fused-ring (bicyclic) bond motifs is 1. The highest BCUT2D eigenvalue weighted by atomic mass is 32.2. The molecule has 2 aliphatic rings. The number of anilines is 1. The summed E-state index contributed by atoms with van der Waals surface area (Å²) < 4.78 is 32.4. The average Bonchev–Trinajstić information content (AvgIpc) is 3.26. The van der Waals surface area contributed by atoms with E-state index in [-0.39, 0.29) is 22.1 Å². The van der Waals surface area contributed by atoms with Crippen LogP contribution in [-0.2, 0) is 27.7 Å². The number of carbonyl (C=O) groups is 3. The number of hydrogen-bond acceptors (Lipinski definition) is 8. The van der Waals surface area contributed by atoms with Crippen molar-refractivity contribution in [1.29, 1.82) is 0 Å². The van der Waals surface area contributed by atoms with Crippen molar-refractivity contribution >= 4 is 44.3 Å². The number of amides is 3. The third-order valence-electron chi connectivity index (χ3n) is 7.00. The van der Waals surface area contributed by atoms with Crippen molar-refractivity contribution < 1.29 is 27.5 Å². The normalized spacial score (nSPS) is 18.4. The van der Waals surface area contributed by atoms with Crippen LogP contribution in [0.1, 0.15) is 70.7 Å². The van der Waals surface area contributed by atoms with Gasteiger partial charge in [0.2, 0.25) is 10.0 Å². The van der Waals surface area contributed by atoms with E-state index in [2.05, 4.69) is 27.2 Å². The average molecular weight is 563 g/mol. The Hall–Kier alpha value is -2.80. The maximum absolute atomic E-state index is 13.2. The molecule has 1 atom stereocenters. The summed E-state index contributed by atoms with van der Waals surface area (Å²) >= 11 is 1.31. The number of thiophene rings is 1. The van der Waals surface area contributed by atoms with E-state index in [4.69, 9.17) is 0 Å². The lowest BCUT2D eigenvalue weighted by Gasteiger charge is -2.32. The quantitative estimate of drug-likeness (QED) is 0.525. The Morgan fingerprint density at radius 3 is 2.50 bits per heavy atom. The van der Waals surface area contributed by atoms with Gasteiger partial charge in [0, 0.05) is 36.1 Å². The van der Waals surface area contributed by atoms with Gasteiger partial charge in [0.1, 0.15) is 5.00 Å². The number of rotatable bonds is 7. The summed E-state index contributed by atoms with van der Waals surface area (Å²) in [5.41, 5.74) is 1.34. The Balaban J connectivity index is 1.57. The van der Waals surface area contributed by atoms with Gasteiger partial charge in [0.05, 0.1) is 17.6 Å². The fraction of sp³-hybridized carbons (Fsp3) is 0.500. The monoisotopic (exact) mass is 562 g/mol. The zero-order valence-corrected chi connectivity index (χ0v) is 23.5. The largest absolute Gasteiger partial charge is 0.453 e. The molecule has 3 heterocycles. The first-order chi connectivity index (χ1) is 18.1. The Bertz CT molecular complexity index is 1310. The Labute approximate surface area is 227 Å². The number of nitrogens with one attached hydrogen (secondary N) is 2. The molecule has 206 valence electrons. The van der Waals surface area contributed by atoms with Gasteiger partial charge in [-0.3, -0.25) is 19.8 Å². The third kappa shape index (κ3) is 5.93. The molecule has 2 aliphatic heterocycles. The predicted octanol–water partition coefficient (Wildman–Crippen LogP) is 3.83. The summed E-state index contributed by atoms with van der Waals surface area (Å²) in [6, 6.07) is 5.77. The first kappa shape index (κ1) is 28.2. The number of carbonyl (C=O) groups excluding carboxylic acids is 3. The minimum Gasteiger partial charge on any atom is -0.453 e. The van der Waals surface area contributed by atoms with Gasteiger partial charge in [-0.15, -0.1) is 11.3 Å². The molecule has 0 bridgehead atoms. The zero-order valence-electron chi connectivity index (χ0n) is 21.9. The van der Waals surface area contributed by atoms with Crippen LogP contribution in [0.15, 0.2) is 29.2 Å². The summed E-state index contributed by atoms with van der Waals surface area (Å²) in [5.74, 6) is -1.11. The number of sulfonamides is 1. The van der Waals surface area contributed by atoms with Gasteiger partial charge in [-0.25, -0.2) is 13.2 Å². The smallest absolute Gasteiger partial charge is 0.413 e. The van der Waals surface area contributed by atoms with E-state index >= 15 is 0 Å². The van der Waals surface area contributed by atoms with Crippen LogP contribution in [0.3, 0.4) is 0 Å². The molecule has 4 rings (SSSR count). The number of benzene rings is 1. The third-order valence-corrected chi connectivity index (χ3v) is 10.2. The minimum absolute atomic E-state index is 0.0654. The number of ether oxygens (including phenoxy) is 1. The summed E-state index contributed by atoms with van der Waals surface area (Å²) in [6.07, 6.45) is 3.41. The topological polar surface area (TPSA) is 125 Å². The van der Waals surface area contributed by atoms with E-state index < -0.39 is 27.9 Å². The molecule has 1 aromatic heterocycles. The lowest BCUT2D eigenvalue weighted by atomic mass is 10.0. The molecule has 1 aromatic carbocycles. The second-order valence-electron chi connectivity index (χ2n) is 9.62. The predicted molar refractivity (Wildman–Crippen MR) is 145 cm³/mol. The van der Waals surface area contributed by atoms with Gasteiger partial charge >= 0.3 is 6.09 Å². The molecule has 0 aliphatic carbocycles. The maximum Gasteiger partial charge on any atom is 0.413 e. The Morgan fingerprint density at radius 2 is 1.84 bits per heavy atom. The zero-order chi connectivity index (χ0) is 27.4. The molecule has 0 radical (unpaired) electrons. The number of piperidine rings is 1. The Kier molecular flexibility index (Phi) is 8.86. The SMILES string of the molecule is CCCN1CCc2c(sc(NC(=O)c3ccc(S(=O)(=O)N4CCCCC4C)cc3)c2C(=O)NC(=O)OC)C1. The maximum atomic E-state index is 13.2. The van der Waals surface area contributed by atoms with E-state index in [9.17, 15) is 22.8 Å². The molecule has 3 amide bonds. The first-order valence-electron chi connectivity index (χ1n) is 12.8. The van der Waals surface area contributed by atoms with E-state index in [1.165, 1.54) is 47.0 Å². The van der Waals surface area contributed by atoms with Gasteiger partial charge in [-0.05, 0) is 69.0 Å². The summed E-state index contributed by atoms with van der Waals surface area (Å²) in [7, 11) is -2.48. The fourth-order valence-corrected chi connectivity index (χ4v) is 8.00. The van der Waals surface area contributed by atoms with Crippen molar-refractivity contribution in [3.05, 3.63) is 45.8 Å². The molecule has 0 spiro atoms. The highest BCUT2D eigenvalue weighted by molar-refractivity contribution is 7.89. The van der Waals surface area contributed by atoms with Gasteiger partial charge in [-0.2, -0.15) is 4.31 Å². The van der Waals surface area contributed by atoms with Crippen molar-refractivity contribution in [2.45, 2.75) is 63.4 Å². The lowest BCUT2D eigenvalue weighted by Crippen LogP contribution is -2.41. The Morgan fingerprint density at radius 1 is 1.11 bits per heavy atom. The lowest BCUT2D eigenvalue weighted by molar-refractivity contribution is 0.0936. The summed E-state index contributed by atoms with van der Waals surface area (Å²) in [4.78, 5) is 41.3. The van der Waals surface area contributed by atoms with Crippen LogP contribution < -0.4 is 10.6 Å². The van der Waals surface area contributed by atoms with Crippen LogP contribution in [0.5, 0.6) is 0 Å². The van der Waals surface area contributed by atoms with Gasteiger partial charge in [-0.1, -0.05) is 13.3 Å². The van der Waals surface area contributed by atoms with Crippen LogP contribution in [0.4, 0.5) is 9.80 Å². The van der Waals surface area contributed by atoms with Crippen LogP contribution in [0.25, 0.3) is 0 Å². The number of hydrogen-bond donors (Lipinski definition) is 2. The second-order valence-corrected chi connectivity index (χ2v) is 12.6. The number of alkyl carbamates (subject to hydrolysis) is 1. The number of nitrogens with zero attached hydrogens (tertiary/aromatic N) is 2. The molecule has 38 heavy (non-hydrogen) atoms. The fourth-order valence-electron chi connectivity index (χ4n) is 5.02. The van der Waals surface area contributed by atoms with E-state index in [1.54, 1.807) is 0 Å². The molecule has 0 saturated carbocycles. The molecular weight excluding hydrogens is 528 g/mol. The molecule has 2 N–H and O–H groups in total. The summed E-state index contributed by atoms with van der Waals surface area (Å²) in [6.45, 7) is 6.86. The standard InChI is InChI=1S/C26H34N4O6S2/c1-4-13-29-15-12-20-21(16-29)37-25(22(20)24(32)28-26(33)36-3)27-23(31)18-8-10-19(11-9-18)38(34,35)30-14-6-5-7-17(30)2/h8-11,17H,4-7,12-16H2,1-3H3,(H,27,31)(H,28,32,33). The highest BCUT2D eigenvalue weighted by Crippen LogP contribution is 2.37. The van der Waals surface area contributed by atoms with Gasteiger partial charge in [0.15, 0.2) is 0 Å². The van der Waals surface area contributed by atoms with Crippen molar-refractivity contribution in [3.63, 3.8) is 0 Å². The van der Waals surface area contributed by atoms with Crippen molar-refractivity contribution in [1.82, 2.24) is 14.5 Å². The molecule has 1 saturated heterocycles. The highest BCUT2D eigenvalue weighted by Gasteiger charge is 2.32.